The number of nitrogens with two attached hydrogens (primary N) is 1. The summed E-state index contributed by atoms with van der Waals surface area (Å²) < 4.78 is 11.4. The van der Waals surface area contributed by atoms with E-state index in [2.05, 4.69) is 15.9 Å². The summed E-state index contributed by atoms with van der Waals surface area (Å²) >= 11 is 3.50. The van der Waals surface area contributed by atoms with Crippen LogP contribution in [0.2, 0.25) is 0 Å². The maximum atomic E-state index is 5.77. The highest BCUT2D eigenvalue weighted by Gasteiger charge is 2.10. The lowest BCUT2D eigenvalue weighted by atomic mass is 10.1. The third kappa shape index (κ3) is 3.11. The van der Waals surface area contributed by atoms with Gasteiger partial charge in [-0.15, -0.1) is 0 Å². The summed E-state index contributed by atoms with van der Waals surface area (Å²) in [7, 11) is 3.27. The number of benzene rings is 1. The van der Waals surface area contributed by atoms with Crippen molar-refractivity contribution >= 4 is 15.9 Å². The van der Waals surface area contributed by atoms with Crippen LogP contribution in [0.1, 0.15) is 12.5 Å². The molecule has 0 fully saturated rings. The molecule has 15 heavy (non-hydrogen) atoms. The Morgan fingerprint density at radius 3 is 2.47 bits per heavy atom. The molecule has 0 saturated carbocycles. The summed E-state index contributed by atoms with van der Waals surface area (Å²) in [6, 6.07) is 3.92. The molecule has 84 valence electrons. The minimum absolute atomic E-state index is 0.109. The van der Waals surface area contributed by atoms with Gasteiger partial charge in [0.25, 0.3) is 0 Å². The van der Waals surface area contributed by atoms with Crippen molar-refractivity contribution in [2.45, 2.75) is 19.4 Å². The molecule has 3 nitrogen and oxygen atoms in total. The van der Waals surface area contributed by atoms with E-state index in [9.17, 15) is 0 Å². The van der Waals surface area contributed by atoms with E-state index in [1.807, 2.05) is 19.1 Å². The minimum atomic E-state index is 0.109. The zero-order chi connectivity index (χ0) is 11.4. The second kappa shape index (κ2) is 5.37. The van der Waals surface area contributed by atoms with Crippen LogP contribution < -0.4 is 15.2 Å². The number of rotatable bonds is 4. The van der Waals surface area contributed by atoms with Crippen LogP contribution in [0.4, 0.5) is 0 Å². The Bertz CT molecular complexity index is 340. The van der Waals surface area contributed by atoms with Gasteiger partial charge in [-0.25, -0.2) is 0 Å². The lowest BCUT2D eigenvalue weighted by molar-refractivity contribution is 0.391. The van der Waals surface area contributed by atoms with Gasteiger partial charge >= 0.3 is 0 Å². The fraction of sp³-hybridized carbons (Fsp3) is 0.455. The molecule has 0 unspecified atom stereocenters. The van der Waals surface area contributed by atoms with Gasteiger partial charge in [0.2, 0.25) is 0 Å². The zero-order valence-corrected chi connectivity index (χ0v) is 10.8. The average molecular weight is 274 g/mol. The first-order chi connectivity index (χ1) is 7.08. The van der Waals surface area contributed by atoms with E-state index in [0.29, 0.717) is 0 Å². The molecule has 0 aromatic heterocycles. The van der Waals surface area contributed by atoms with Gasteiger partial charge < -0.3 is 15.2 Å². The van der Waals surface area contributed by atoms with Crippen molar-refractivity contribution < 1.29 is 9.47 Å². The normalized spacial score (nSPS) is 12.3. The predicted molar refractivity (Wildman–Crippen MR) is 64.6 cm³/mol. The smallest absolute Gasteiger partial charge is 0.137 e. The standard InChI is InChI=1S/C11H16BrNO2/c1-7(13)4-8-5-9(14-2)6-10(15-3)11(8)12/h5-7H,4,13H2,1-3H3/t7-/m1/s1. The number of halogens is 1. The monoisotopic (exact) mass is 273 g/mol. The minimum Gasteiger partial charge on any atom is -0.497 e. The number of hydrogen-bond donors (Lipinski definition) is 1. The third-order valence-electron chi connectivity index (χ3n) is 2.09. The Morgan fingerprint density at radius 2 is 2.00 bits per heavy atom. The van der Waals surface area contributed by atoms with E-state index in [1.165, 1.54) is 0 Å². The summed E-state index contributed by atoms with van der Waals surface area (Å²) in [5.74, 6) is 1.55. The molecule has 4 heteroatoms. The van der Waals surface area contributed by atoms with Crippen molar-refractivity contribution in [1.29, 1.82) is 0 Å². The first-order valence-electron chi connectivity index (χ1n) is 4.74. The molecule has 1 atom stereocenters. The van der Waals surface area contributed by atoms with Crippen molar-refractivity contribution in [2.75, 3.05) is 14.2 Å². The fourth-order valence-corrected chi connectivity index (χ4v) is 1.94. The molecule has 0 amide bonds. The van der Waals surface area contributed by atoms with Crippen molar-refractivity contribution in [3.05, 3.63) is 22.2 Å². The van der Waals surface area contributed by atoms with Gasteiger partial charge in [0.1, 0.15) is 11.5 Å². The van der Waals surface area contributed by atoms with Crippen LogP contribution in [0.3, 0.4) is 0 Å². The van der Waals surface area contributed by atoms with Gasteiger partial charge in [0.15, 0.2) is 0 Å². The SMILES string of the molecule is COc1cc(C[C@@H](C)N)c(Br)c(OC)c1. The van der Waals surface area contributed by atoms with Gasteiger partial charge in [-0.3, -0.25) is 0 Å². The molecule has 0 aliphatic rings. The topological polar surface area (TPSA) is 44.5 Å². The Hall–Kier alpha value is -0.740. The molecule has 0 bridgehead atoms. The summed E-state index contributed by atoms with van der Waals surface area (Å²) in [5.41, 5.74) is 6.87. The highest BCUT2D eigenvalue weighted by molar-refractivity contribution is 9.10. The quantitative estimate of drug-likeness (QED) is 0.916. The molecule has 1 aromatic carbocycles. The largest absolute Gasteiger partial charge is 0.497 e. The van der Waals surface area contributed by atoms with E-state index in [4.69, 9.17) is 15.2 Å². The Kier molecular flexibility index (Phi) is 4.42. The van der Waals surface area contributed by atoms with Gasteiger partial charge in [0.05, 0.1) is 18.7 Å². The maximum absolute atomic E-state index is 5.77. The first kappa shape index (κ1) is 12.3. The lowest BCUT2D eigenvalue weighted by Gasteiger charge is -2.13. The Morgan fingerprint density at radius 1 is 1.33 bits per heavy atom. The van der Waals surface area contributed by atoms with Crippen molar-refractivity contribution in [2.24, 2.45) is 5.73 Å². The summed E-state index contributed by atoms with van der Waals surface area (Å²) in [6.07, 6.45) is 0.786. The van der Waals surface area contributed by atoms with Crippen LogP contribution in [-0.2, 0) is 6.42 Å². The van der Waals surface area contributed by atoms with Crippen molar-refractivity contribution in [3.8, 4) is 11.5 Å². The van der Waals surface area contributed by atoms with Gasteiger partial charge in [-0.2, -0.15) is 0 Å². The van der Waals surface area contributed by atoms with Crippen LogP contribution in [0.25, 0.3) is 0 Å². The molecular weight excluding hydrogens is 258 g/mol. The molecule has 0 radical (unpaired) electrons. The highest BCUT2D eigenvalue weighted by atomic mass is 79.9. The van der Waals surface area contributed by atoms with Crippen LogP contribution in [0.15, 0.2) is 16.6 Å². The molecule has 1 aromatic rings. The predicted octanol–water partition coefficient (Wildman–Crippen LogP) is 2.36. The molecular formula is C11H16BrNO2. The second-order valence-corrected chi connectivity index (χ2v) is 4.28. The van der Waals surface area contributed by atoms with E-state index in [1.54, 1.807) is 14.2 Å². The van der Waals surface area contributed by atoms with Gasteiger partial charge in [-0.05, 0) is 40.9 Å². The van der Waals surface area contributed by atoms with Crippen LogP contribution in [0.5, 0.6) is 11.5 Å². The molecule has 2 N–H and O–H groups in total. The number of ether oxygens (including phenoxy) is 2. The molecule has 0 saturated heterocycles. The Balaban J connectivity index is 3.12. The summed E-state index contributed by atoms with van der Waals surface area (Å²) in [6.45, 7) is 1.97. The highest BCUT2D eigenvalue weighted by Crippen LogP contribution is 2.33. The molecule has 0 heterocycles. The number of hydrogen-bond acceptors (Lipinski definition) is 3. The molecule has 0 aliphatic heterocycles. The van der Waals surface area contributed by atoms with E-state index >= 15 is 0 Å². The van der Waals surface area contributed by atoms with Crippen molar-refractivity contribution in [3.63, 3.8) is 0 Å². The van der Waals surface area contributed by atoms with Crippen molar-refractivity contribution in [1.82, 2.24) is 0 Å². The van der Waals surface area contributed by atoms with E-state index < -0.39 is 0 Å². The molecule has 1 rings (SSSR count). The fourth-order valence-electron chi connectivity index (χ4n) is 1.39. The molecule has 0 aliphatic carbocycles. The average Bonchev–Trinajstić information content (AvgIpc) is 2.20. The maximum Gasteiger partial charge on any atom is 0.137 e. The van der Waals surface area contributed by atoms with Gasteiger partial charge in [0, 0.05) is 12.1 Å². The van der Waals surface area contributed by atoms with E-state index in [-0.39, 0.29) is 6.04 Å². The van der Waals surface area contributed by atoms with Crippen LogP contribution in [0, 0.1) is 0 Å². The summed E-state index contributed by atoms with van der Waals surface area (Å²) in [5, 5.41) is 0. The second-order valence-electron chi connectivity index (χ2n) is 3.48. The van der Waals surface area contributed by atoms with Gasteiger partial charge in [-0.1, -0.05) is 0 Å². The van der Waals surface area contributed by atoms with Crippen LogP contribution in [-0.4, -0.2) is 20.3 Å². The first-order valence-corrected chi connectivity index (χ1v) is 5.53. The van der Waals surface area contributed by atoms with Crippen LogP contribution >= 0.6 is 15.9 Å². The lowest BCUT2D eigenvalue weighted by Crippen LogP contribution is -2.18. The molecule has 0 spiro atoms. The zero-order valence-electron chi connectivity index (χ0n) is 9.21. The summed E-state index contributed by atoms with van der Waals surface area (Å²) in [4.78, 5) is 0. The van der Waals surface area contributed by atoms with E-state index in [0.717, 1.165) is 28.0 Å². The third-order valence-corrected chi connectivity index (χ3v) is 2.99. The Labute approximate surface area is 98.7 Å². The number of methoxy groups -OCH3 is 2.